The van der Waals surface area contributed by atoms with E-state index in [0.29, 0.717) is 40.4 Å². The molecule has 8 heteroatoms. The summed E-state index contributed by atoms with van der Waals surface area (Å²) in [6, 6.07) is 8.16. The normalized spacial score (nSPS) is 23.3. The van der Waals surface area contributed by atoms with Crippen molar-refractivity contribution >= 4 is 29.1 Å². The van der Waals surface area contributed by atoms with Crippen molar-refractivity contribution in [1.29, 1.82) is 0 Å². The number of benzene rings is 1. The van der Waals surface area contributed by atoms with Gasteiger partial charge in [-0.2, -0.15) is 0 Å². The lowest BCUT2D eigenvalue weighted by Gasteiger charge is -2.40. The van der Waals surface area contributed by atoms with Crippen molar-refractivity contribution in [1.82, 2.24) is 10.3 Å². The Balaban J connectivity index is 1.27. The zero-order chi connectivity index (χ0) is 27.1. The van der Waals surface area contributed by atoms with E-state index in [1.54, 1.807) is 18.3 Å². The van der Waals surface area contributed by atoms with Gasteiger partial charge in [0.15, 0.2) is 5.78 Å². The van der Waals surface area contributed by atoms with Crippen LogP contribution in [0, 0.1) is 18.8 Å². The Morgan fingerprint density at radius 2 is 1.68 bits per heavy atom. The smallest absolute Gasteiger partial charge is 0.251 e. The standard InChI is InChI=1S/C30H39N5O3/c1-16(2)18(4)33-26-14-24(17(3)11-25(26)29(31)37)30(38)34-21-12-22-8-9-23(13-21)35(22)27-10-7-20(15-32-27)28(36)19-5-6-19/h7,10-11,14-16,18-19,21-23,33H,5-6,8-9,12-13H2,1-4H3,(H2,31,37)(H,34,38)/t18-,21?,22-,23+/m1/s1. The largest absolute Gasteiger partial charge is 0.382 e. The zero-order valence-corrected chi connectivity index (χ0v) is 22.8. The van der Waals surface area contributed by atoms with Gasteiger partial charge in [-0.05, 0) is 88.1 Å². The number of amides is 2. The van der Waals surface area contributed by atoms with Crippen LogP contribution in [0.3, 0.4) is 0 Å². The first-order valence-electron chi connectivity index (χ1n) is 13.9. The molecule has 5 rings (SSSR count). The Morgan fingerprint density at radius 1 is 1.00 bits per heavy atom. The maximum absolute atomic E-state index is 13.4. The third-order valence-corrected chi connectivity index (χ3v) is 8.57. The number of carbonyl (C=O) groups excluding carboxylic acids is 3. The molecule has 3 heterocycles. The number of piperidine rings is 1. The minimum Gasteiger partial charge on any atom is -0.382 e. The molecule has 1 aromatic carbocycles. The van der Waals surface area contributed by atoms with E-state index in [9.17, 15) is 14.4 Å². The monoisotopic (exact) mass is 517 g/mol. The minimum absolute atomic E-state index is 0.0631. The molecular formula is C30H39N5O3. The summed E-state index contributed by atoms with van der Waals surface area (Å²) < 4.78 is 0. The highest BCUT2D eigenvalue weighted by Gasteiger charge is 2.42. The van der Waals surface area contributed by atoms with Gasteiger partial charge >= 0.3 is 0 Å². The zero-order valence-electron chi connectivity index (χ0n) is 22.8. The van der Waals surface area contributed by atoms with Gasteiger partial charge in [0.25, 0.3) is 11.8 Å². The molecule has 0 radical (unpaired) electrons. The summed E-state index contributed by atoms with van der Waals surface area (Å²) in [7, 11) is 0. The predicted molar refractivity (Wildman–Crippen MR) is 149 cm³/mol. The lowest BCUT2D eigenvalue weighted by atomic mass is 9.95. The predicted octanol–water partition coefficient (Wildman–Crippen LogP) is 4.47. The van der Waals surface area contributed by atoms with Crippen molar-refractivity contribution in [3.05, 3.63) is 52.7 Å². The molecule has 4 atom stereocenters. The van der Waals surface area contributed by atoms with E-state index in [2.05, 4.69) is 34.4 Å². The summed E-state index contributed by atoms with van der Waals surface area (Å²) >= 11 is 0. The number of aryl methyl sites for hydroxylation is 1. The first-order chi connectivity index (χ1) is 18.1. The number of primary amides is 1. The van der Waals surface area contributed by atoms with Crippen molar-refractivity contribution in [2.75, 3.05) is 10.2 Å². The van der Waals surface area contributed by atoms with Gasteiger partial charge in [0, 0.05) is 53.1 Å². The van der Waals surface area contributed by atoms with Gasteiger partial charge in [-0.15, -0.1) is 0 Å². The second-order valence-electron chi connectivity index (χ2n) is 11.7. The average molecular weight is 518 g/mol. The maximum atomic E-state index is 13.4. The summed E-state index contributed by atoms with van der Waals surface area (Å²) in [6.07, 6.45) is 7.54. The second-order valence-corrected chi connectivity index (χ2v) is 11.7. The van der Waals surface area contributed by atoms with Crippen molar-refractivity contribution in [2.24, 2.45) is 17.6 Å². The van der Waals surface area contributed by atoms with Crippen LogP contribution in [0.4, 0.5) is 11.5 Å². The molecule has 202 valence electrons. The number of nitrogens with one attached hydrogen (secondary N) is 2. The van der Waals surface area contributed by atoms with E-state index in [-0.39, 0.29) is 29.7 Å². The van der Waals surface area contributed by atoms with Crippen LogP contribution in [0.15, 0.2) is 30.5 Å². The van der Waals surface area contributed by atoms with E-state index in [1.165, 1.54) is 0 Å². The van der Waals surface area contributed by atoms with Crippen molar-refractivity contribution in [3.8, 4) is 0 Å². The molecular weight excluding hydrogens is 478 g/mol. The fourth-order valence-electron chi connectivity index (χ4n) is 5.89. The van der Waals surface area contributed by atoms with Gasteiger partial charge in [0.2, 0.25) is 0 Å². The molecule has 2 amide bonds. The van der Waals surface area contributed by atoms with Crippen molar-refractivity contribution in [3.63, 3.8) is 0 Å². The van der Waals surface area contributed by atoms with Gasteiger partial charge in [0.05, 0.1) is 5.56 Å². The first kappa shape index (κ1) is 26.2. The summed E-state index contributed by atoms with van der Waals surface area (Å²) in [4.78, 5) is 44.9. The van der Waals surface area contributed by atoms with E-state index in [1.807, 2.05) is 26.0 Å². The highest BCUT2D eigenvalue weighted by atomic mass is 16.2. The van der Waals surface area contributed by atoms with Gasteiger partial charge in [-0.1, -0.05) is 13.8 Å². The number of carbonyl (C=O) groups is 3. The van der Waals surface area contributed by atoms with E-state index in [0.717, 1.165) is 49.9 Å². The molecule has 2 bridgehead atoms. The third kappa shape index (κ3) is 5.26. The van der Waals surface area contributed by atoms with Crippen LogP contribution in [-0.2, 0) is 0 Å². The highest BCUT2D eigenvalue weighted by Crippen LogP contribution is 2.39. The summed E-state index contributed by atoms with van der Waals surface area (Å²) in [5.41, 5.74) is 8.63. The molecule has 4 N–H and O–H groups in total. The van der Waals surface area contributed by atoms with Crippen LogP contribution < -0.4 is 21.3 Å². The summed E-state index contributed by atoms with van der Waals surface area (Å²) in [5, 5.41) is 6.64. The first-order valence-corrected chi connectivity index (χ1v) is 13.9. The quantitative estimate of drug-likeness (QED) is 0.423. The Labute approximate surface area is 224 Å². The number of pyridine rings is 1. The van der Waals surface area contributed by atoms with Gasteiger partial charge in [0.1, 0.15) is 5.82 Å². The van der Waals surface area contributed by atoms with E-state index in [4.69, 9.17) is 5.73 Å². The van der Waals surface area contributed by atoms with Crippen molar-refractivity contribution < 1.29 is 14.4 Å². The Hall–Kier alpha value is -3.42. The van der Waals surface area contributed by atoms with E-state index >= 15 is 0 Å². The molecule has 38 heavy (non-hydrogen) atoms. The number of ketones is 1. The number of Topliss-reactive ketones (excluding diaryl/α,β-unsaturated/α-hetero) is 1. The molecule has 3 aliphatic rings. The summed E-state index contributed by atoms with van der Waals surface area (Å²) in [6.45, 7) is 8.09. The highest BCUT2D eigenvalue weighted by molar-refractivity contribution is 6.03. The number of hydrogen-bond donors (Lipinski definition) is 3. The molecule has 0 spiro atoms. The topological polar surface area (TPSA) is 117 Å². The molecule has 2 aliphatic heterocycles. The van der Waals surface area contributed by atoms with Crippen LogP contribution in [0.25, 0.3) is 0 Å². The van der Waals surface area contributed by atoms with Crippen LogP contribution >= 0.6 is 0 Å². The number of hydrogen-bond acceptors (Lipinski definition) is 6. The van der Waals surface area contributed by atoms with Gasteiger partial charge < -0.3 is 21.3 Å². The number of anilines is 2. The Bertz CT molecular complexity index is 1220. The molecule has 2 saturated heterocycles. The molecule has 1 saturated carbocycles. The summed E-state index contributed by atoms with van der Waals surface area (Å²) in [5.74, 6) is 1.03. The molecule has 1 aliphatic carbocycles. The maximum Gasteiger partial charge on any atom is 0.251 e. The second kappa shape index (κ2) is 10.4. The van der Waals surface area contributed by atoms with Crippen LogP contribution in [-0.4, -0.2) is 46.7 Å². The SMILES string of the molecule is Cc1cc(C(N)=O)c(N[C@H](C)C(C)C)cc1C(=O)NC1C[C@H]2CC[C@@H](C1)N2c1ccc(C(=O)C2CC2)cn1. The van der Waals surface area contributed by atoms with Crippen LogP contribution in [0.2, 0.25) is 0 Å². The number of aromatic nitrogens is 1. The lowest BCUT2D eigenvalue weighted by Crippen LogP contribution is -2.50. The Morgan fingerprint density at radius 3 is 2.24 bits per heavy atom. The fourth-order valence-corrected chi connectivity index (χ4v) is 5.89. The number of fused-ring (bicyclic) bond motifs is 2. The average Bonchev–Trinajstić information content (AvgIpc) is 3.69. The molecule has 8 nitrogen and oxygen atoms in total. The van der Waals surface area contributed by atoms with Crippen LogP contribution in [0.5, 0.6) is 0 Å². The van der Waals surface area contributed by atoms with Crippen molar-refractivity contribution in [2.45, 2.75) is 90.4 Å². The molecule has 1 aromatic heterocycles. The van der Waals surface area contributed by atoms with Gasteiger partial charge in [-0.3, -0.25) is 14.4 Å². The van der Waals surface area contributed by atoms with E-state index < -0.39 is 5.91 Å². The molecule has 3 fully saturated rings. The Kier molecular flexibility index (Phi) is 7.16. The number of rotatable bonds is 9. The fraction of sp³-hybridized carbons (Fsp3) is 0.533. The molecule has 2 aromatic rings. The lowest BCUT2D eigenvalue weighted by molar-refractivity contribution is 0.0923. The van der Waals surface area contributed by atoms with Gasteiger partial charge in [-0.25, -0.2) is 4.98 Å². The third-order valence-electron chi connectivity index (χ3n) is 8.57. The number of nitrogens with two attached hydrogens (primary N) is 1. The number of nitrogens with zero attached hydrogens (tertiary/aromatic N) is 2. The molecule has 1 unspecified atom stereocenters. The minimum atomic E-state index is -0.513. The van der Waals surface area contributed by atoms with Crippen LogP contribution in [0.1, 0.15) is 95.9 Å².